The van der Waals surface area contributed by atoms with Crippen LogP contribution in [0.2, 0.25) is 5.02 Å². The first-order chi connectivity index (χ1) is 8.52. The van der Waals surface area contributed by atoms with Gasteiger partial charge in [-0.25, -0.2) is 4.39 Å². The number of carboxylic acid groups (broad SMARTS) is 1. The Kier molecular flexibility index (Phi) is 5.51. The molecule has 1 rings (SSSR count). The van der Waals surface area contributed by atoms with Crippen molar-refractivity contribution in [2.75, 3.05) is 6.54 Å². The minimum Gasteiger partial charge on any atom is -0.481 e. The van der Waals surface area contributed by atoms with Gasteiger partial charge in [0.15, 0.2) is 0 Å². The highest BCUT2D eigenvalue weighted by Gasteiger charge is 2.09. The van der Waals surface area contributed by atoms with Crippen LogP contribution in [-0.2, 0) is 11.3 Å². The quantitative estimate of drug-likeness (QED) is 0.613. The molecule has 0 saturated carbocycles. The van der Waals surface area contributed by atoms with Crippen LogP contribution in [-0.4, -0.2) is 22.6 Å². The fourth-order valence-electron chi connectivity index (χ4n) is 1.41. The molecule has 1 aromatic carbocycles. The minimum absolute atomic E-state index is 0.0385. The maximum Gasteiger partial charge on any atom is 0.303 e. The summed E-state index contributed by atoms with van der Waals surface area (Å²) < 4.78 is 12.8. The fraction of sp³-hybridized carbons (Fsp3) is 0.364. The molecular formula is C11H12ClFN2O3. The summed E-state index contributed by atoms with van der Waals surface area (Å²) in [5.41, 5.74) is 0.563. The van der Waals surface area contributed by atoms with Gasteiger partial charge >= 0.3 is 5.97 Å². The van der Waals surface area contributed by atoms with E-state index in [1.165, 1.54) is 12.1 Å². The highest BCUT2D eigenvalue weighted by molar-refractivity contribution is 6.31. The van der Waals surface area contributed by atoms with Crippen LogP contribution in [0.3, 0.4) is 0 Å². The lowest BCUT2D eigenvalue weighted by Crippen LogP contribution is -2.18. The van der Waals surface area contributed by atoms with Crippen LogP contribution in [0.25, 0.3) is 0 Å². The number of hydrogen-bond donors (Lipinski definition) is 1. The van der Waals surface area contributed by atoms with Crippen LogP contribution in [0.5, 0.6) is 0 Å². The summed E-state index contributed by atoms with van der Waals surface area (Å²) in [4.78, 5) is 20.9. The number of carboxylic acids is 1. The van der Waals surface area contributed by atoms with Gasteiger partial charge in [0.1, 0.15) is 5.82 Å². The smallest absolute Gasteiger partial charge is 0.303 e. The molecule has 1 N–H and O–H groups in total. The first kappa shape index (κ1) is 14.4. The van der Waals surface area contributed by atoms with E-state index in [2.05, 4.69) is 5.29 Å². The van der Waals surface area contributed by atoms with E-state index in [0.29, 0.717) is 12.0 Å². The molecule has 0 fully saturated rings. The van der Waals surface area contributed by atoms with E-state index >= 15 is 0 Å². The molecule has 0 aliphatic carbocycles. The zero-order valence-corrected chi connectivity index (χ0v) is 10.2. The Bertz CT molecular complexity index is 442. The minimum atomic E-state index is -0.930. The Morgan fingerprint density at radius 3 is 2.78 bits per heavy atom. The van der Waals surface area contributed by atoms with Crippen LogP contribution in [0.1, 0.15) is 18.4 Å². The Labute approximate surface area is 108 Å². The van der Waals surface area contributed by atoms with Gasteiger partial charge in [0.25, 0.3) is 0 Å². The lowest BCUT2D eigenvalue weighted by atomic mass is 10.2. The SMILES string of the molecule is O=NN(CCCC(=O)O)Cc1ccc(F)cc1Cl. The molecule has 0 aromatic heterocycles. The molecule has 0 heterocycles. The summed E-state index contributed by atoms with van der Waals surface area (Å²) in [6, 6.07) is 3.85. The highest BCUT2D eigenvalue weighted by atomic mass is 35.5. The standard InChI is InChI=1S/C11H12ClFN2O3/c12-10-6-9(13)4-3-8(10)7-15(14-18)5-1-2-11(16)17/h3-4,6H,1-2,5,7H2,(H,16,17). The largest absolute Gasteiger partial charge is 0.481 e. The lowest BCUT2D eigenvalue weighted by Gasteiger charge is -2.15. The van der Waals surface area contributed by atoms with Crippen molar-refractivity contribution in [1.82, 2.24) is 5.01 Å². The third kappa shape index (κ3) is 4.67. The number of rotatable bonds is 7. The normalized spacial score (nSPS) is 10.1. The molecule has 7 heteroatoms. The van der Waals surface area contributed by atoms with Crippen molar-refractivity contribution in [3.05, 3.63) is 39.5 Å². The van der Waals surface area contributed by atoms with Gasteiger partial charge in [-0.1, -0.05) is 17.7 Å². The summed E-state index contributed by atoms with van der Waals surface area (Å²) in [5, 5.41) is 12.6. The van der Waals surface area contributed by atoms with Gasteiger partial charge in [-0.05, 0) is 24.1 Å². The zero-order chi connectivity index (χ0) is 13.5. The number of hydrogen-bond acceptors (Lipinski definition) is 3. The molecule has 0 amide bonds. The van der Waals surface area contributed by atoms with E-state index in [1.54, 1.807) is 0 Å². The van der Waals surface area contributed by atoms with Gasteiger partial charge < -0.3 is 5.11 Å². The van der Waals surface area contributed by atoms with E-state index in [4.69, 9.17) is 16.7 Å². The second kappa shape index (κ2) is 6.90. The molecule has 0 unspecified atom stereocenters. The number of nitrogens with zero attached hydrogens (tertiary/aromatic N) is 2. The summed E-state index contributed by atoms with van der Waals surface area (Å²) >= 11 is 5.81. The molecular weight excluding hydrogens is 263 g/mol. The van der Waals surface area contributed by atoms with Crippen molar-refractivity contribution < 1.29 is 14.3 Å². The van der Waals surface area contributed by atoms with Gasteiger partial charge in [-0.15, -0.1) is 4.91 Å². The summed E-state index contributed by atoms with van der Waals surface area (Å²) in [7, 11) is 0. The molecule has 0 spiro atoms. The van der Waals surface area contributed by atoms with Gasteiger partial charge in [0, 0.05) is 18.0 Å². The van der Waals surface area contributed by atoms with E-state index in [-0.39, 0.29) is 24.5 Å². The molecule has 5 nitrogen and oxygen atoms in total. The molecule has 0 aliphatic heterocycles. The molecule has 0 atom stereocenters. The van der Waals surface area contributed by atoms with Gasteiger partial charge in [-0.3, -0.25) is 9.80 Å². The number of nitroso groups, excluding NO2 is 1. The Balaban J connectivity index is 2.56. The predicted octanol–water partition coefficient (Wildman–Crippen LogP) is 2.83. The number of benzene rings is 1. The van der Waals surface area contributed by atoms with Crippen LogP contribution in [0, 0.1) is 10.7 Å². The van der Waals surface area contributed by atoms with E-state index < -0.39 is 11.8 Å². The van der Waals surface area contributed by atoms with E-state index in [9.17, 15) is 14.1 Å². The maximum atomic E-state index is 12.8. The van der Waals surface area contributed by atoms with Crippen molar-refractivity contribution in [3.8, 4) is 0 Å². The summed E-state index contributed by atoms with van der Waals surface area (Å²) in [6.07, 6.45) is 0.267. The van der Waals surface area contributed by atoms with E-state index in [1.807, 2.05) is 0 Å². The first-order valence-electron chi connectivity index (χ1n) is 5.27. The molecule has 0 bridgehead atoms. The number of aliphatic carboxylic acids is 1. The average molecular weight is 275 g/mol. The van der Waals surface area contributed by atoms with Crippen molar-refractivity contribution in [2.24, 2.45) is 5.29 Å². The van der Waals surface area contributed by atoms with Crippen molar-refractivity contribution >= 4 is 17.6 Å². The Morgan fingerprint density at radius 2 is 2.22 bits per heavy atom. The molecule has 98 valence electrons. The lowest BCUT2D eigenvalue weighted by molar-refractivity contribution is -0.137. The zero-order valence-electron chi connectivity index (χ0n) is 9.47. The van der Waals surface area contributed by atoms with Crippen LogP contribution >= 0.6 is 11.6 Å². The maximum absolute atomic E-state index is 12.8. The molecule has 0 radical (unpaired) electrons. The van der Waals surface area contributed by atoms with Gasteiger partial charge in [0.2, 0.25) is 0 Å². The van der Waals surface area contributed by atoms with Gasteiger partial charge in [-0.2, -0.15) is 0 Å². The highest BCUT2D eigenvalue weighted by Crippen LogP contribution is 2.19. The Morgan fingerprint density at radius 1 is 1.50 bits per heavy atom. The van der Waals surface area contributed by atoms with E-state index in [0.717, 1.165) is 11.1 Å². The third-order valence-electron chi connectivity index (χ3n) is 2.29. The first-order valence-corrected chi connectivity index (χ1v) is 5.64. The van der Waals surface area contributed by atoms with Crippen molar-refractivity contribution in [1.29, 1.82) is 0 Å². The van der Waals surface area contributed by atoms with Crippen molar-refractivity contribution in [2.45, 2.75) is 19.4 Å². The predicted molar refractivity (Wildman–Crippen MR) is 64.5 cm³/mol. The number of carbonyl (C=O) groups is 1. The fourth-order valence-corrected chi connectivity index (χ4v) is 1.64. The summed E-state index contributed by atoms with van der Waals surface area (Å²) in [6.45, 7) is 0.339. The second-order valence-electron chi connectivity index (χ2n) is 3.70. The molecule has 0 saturated heterocycles. The third-order valence-corrected chi connectivity index (χ3v) is 2.64. The van der Waals surface area contributed by atoms with Crippen molar-refractivity contribution in [3.63, 3.8) is 0 Å². The second-order valence-corrected chi connectivity index (χ2v) is 4.11. The van der Waals surface area contributed by atoms with Crippen LogP contribution in [0.4, 0.5) is 4.39 Å². The molecule has 1 aromatic rings. The topological polar surface area (TPSA) is 70.0 Å². The summed E-state index contributed by atoms with van der Waals surface area (Å²) in [5.74, 6) is -1.39. The van der Waals surface area contributed by atoms with Crippen LogP contribution in [0.15, 0.2) is 23.5 Å². The number of halogens is 2. The van der Waals surface area contributed by atoms with Gasteiger partial charge in [0.05, 0.1) is 11.8 Å². The molecule has 0 aliphatic rings. The molecule has 18 heavy (non-hydrogen) atoms. The average Bonchev–Trinajstić information content (AvgIpc) is 2.30. The Hall–Kier alpha value is -1.69. The van der Waals surface area contributed by atoms with Crippen LogP contribution < -0.4 is 0 Å². The monoisotopic (exact) mass is 274 g/mol.